The normalized spacial score (nSPS) is 16.1. The number of amides is 1. The molecule has 0 aliphatic carbocycles. The Morgan fingerprint density at radius 1 is 0.974 bits per heavy atom. The van der Waals surface area contributed by atoms with Gasteiger partial charge in [0, 0.05) is 25.9 Å². The summed E-state index contributed by atoms with van der Waals surface area (Å²) in [4.78, 5) is 31.4. The minimum absolute atomic E-state index is 0. The van der Waals surface area contributed by atoms with Crippen LogP contribution in [0.3, 0.4) is 0 Å². The van der Waals surface area contributed by atoms with Gasteiger partial charge in [-0.15, -0.1) is 0 Å². The zero-order chi connectivity index (χ0) is 26.7. The topological polar surface area (TPSA) is 54.2 Å². The Kier molecular flexibility index (Phi) is 17.8. The van der Waals surface area contributed by atoms with Gasteiger partial charge in [0.05, 0.1) is 0 Å². The van der Waals surface area contributed by atoms with E-state index in [2.05, 4.69) is 72.7 Å². The summed E-state index contributed by atoms with van der Waals surface area (Å²) in [5.74, 6) is 0.557. The summed E-state index contributed by atoms with van der Waals surface area (Å²) in [5.41, 5.74) is 1.52. The van der Waals surface area contributed by atoms with E-state index in [4.69, 9.17) is 0 Å². The Bertz CT molecular complexity index is 994. The van der Waals surface area contributed by atoms with Crippen LogP contribution in [0.2, 0.25) is 0 Å². The maximum Gasteiger partial charge on any atom is 0.266 e. The number of allylic oxidation sites excluding steroid dienone is 10. The number of aromatic nitrogens is 2. The van der Waals surface area contributed by atoms with Gasteiger partial charge >= 0.3 is 0 Å². The van der Waals surface area contributed by atoms with Gasteiger partial charge in [-0.05, 0) is 64.2 Å². The van der Waals surface area contributed by atoms with Crippen LogP contribution in [0.25, 0.3) is 0 Å². The zero-order valence-electron chi connectivity index (χ0n) is 23.6. The van der Waals surface area contributed by atoms with Gasteiger partial charge in [-0.1, -0.05) is 67.7 Å². The summed E-state index contributed by atoms with van der Waals surface area (Å²) in [6.45, 7) is 5.51. The first-order valence-electron chi connectivity index (χ1n) is 13.9. The minimum atomic E-state index is 0. The molecule has 0 aromatic carbocycles. The quantitative estimate of drug-likeness (QED) is 0.102. The van der Waals surface area contributed by atoms with Crippen molar-refractivity contribution in [3.63, 3.8) is 0 Å². The van der Waals surface area contributed by atoms with E-state index in [1.807, 2.05) is 29.6 Å². The van der Waals surface area contributed by atoms with E-state index in [1.165, 1.54) is 0 Å². The fraction of sp³-hybridized carbons (Fsp3) is 0.500. The Hall–Kier alpha value is -2.73. The second-order valence-corrected chi connectivity index (χ2v) is 9.75. The zero-order valence-corrected chi connectivity index (χ0v) is 24.6. The number of carbonyl (C=O) groups excluding carboxylic acids is 2. The third kappa shape index (κ3) is 13.7. The van der Waals surface area contributed by atoms with Crippen molar-refractivity contribution in [2.24, 2.45) is 13.0 Å². The number of carbonyl (C=O) groups is 2. The second-order valence-electron chi connectivity index (χ2n) is 9.75. The van der Waals surface area contributed by atoms with Crippen molar-refractivity contribution in [3.8, 4) is 0 Å². The molecule has 1 amide bonds. The van der Waals surface area contributed by atoms with Crippen molar-refractivity contribution < 1.29 is 14.2 Å². The molecule has 0 saturated carbocycles. The summed E-state index contributed by atoms with van der Waals surface area (Å²) in [6, 6.07) is 0. The molecule has 1 aliphatic heterocycles. The summed E-state index contributed by atoms with van der Waals surface area (Å²) < 4.78 is 1.84. The Morgan fingerprint density at radius 3 is 2.13 bits per heavy atom. The lowest BCUT2D eigenvalue weighted by atomic mass is 10.0. The molecular formula is C32H48N3O2S+. The third-order valence-corrected chi connectivity index (χ3v) is 6.47. The fourth-order valence-electron chi connectivity index (χ4n) is 4.40. The van der Waals surface area contributed by atoms with Crippen LogP contribution >= 0.6 is 13.5 Å². The predicted molar refractivity (Wildman–Crippen MR) is 162 cm³/mol. The van der Waals surface area contributed by atoms with Crippen molar-refractivity contribution >= 4 is 25.2 Å². The molecule has 0 unspecified atom stereocenters. The van der Waals surface area contributed by atoms with E-state index in [9.17, 15) is 9.59 Å². The summed E-state index contributed by atoms with van der Waals surface area (Å²) in [5, 5.41) is 0. The molecule has 2 heterocycles. The standard InChI is InChI=1S/C32H46N3O2.H2S/c1-4-5-6-7-8-9-10-11-12-13-14-15-16-17-18-19-20-21-32(37)35-23-22-29(27-35)24-31(36)30-25-33-28(2)26-34(30)3;/h5-6,8-9,11-12,14-15,17-18,25-26,29H,4,7,10,13,16,19-24,27H2,1-3H3;1H2/q+1;/b6-5-,9-8-,12-11-,15-14-,18-17-;/t29-;/m1./s1. The molecule has 1 atom stereocenters. The van der Waals surface area contributed by atoms with Crippen LogP contribution in [-0.2, 0) is 11.8 Å². The first-order valence-corrected chi connectivity index (χ1v) is 13.9. The van der Waals surface area contributed by atoms with Crippen molar-refractivity contribution in [2.75, 3.05) is 13.1 Å². The molecule has 1 fully saturated rings. The van der Waals surface area contributed by atoms with Gasteiger partial charge in [-0.25, -0.2) is 4.98 Å². The molecule has 1 aromatic rings. The first kappa shape index (κ1) is 33.3. The van der Waals surface area contributed by atoms with Crippen molar-refractivity contribution in [3.05, 3.63) is 84.5 Å². The second kappa shape index (κ2) is 20.3. The van der Waals surface area contributed by atoms with Gasteiger partial charge in [0.1, 0.15) is 18.9 Å². The molecule has 0 radical (unpaired) electrons. The number of nitrogens with zero attached hydrogens (tertiary/aromatic N) is 3. The number of likely N-dealkylation sites (tertiary alicyclic amines) is 1. The lowest BCUT2D eigenvalue weighted by Gasteiger charge is -2.16. The van der Waals surface area contributed by atoms with Crippen molar-refractivity contribution in [1.82, 2.24) is 9.88 Å². The highest BCUT2D eigenvalue weighted by molar-refractivity contribution is 7.59. The number of hydrogen-bond acceptors (Lipinski definition) is 3. The molecule has 2 rings (SSSR count). The molecule has 1 saturated heterocycles. The predicted octanol–water partition coefficient (Wildman–Crippen LogP) is 6.67. The maximum atomic E-state index is 12.7. The van der Waals surface area contributed by atoms with E-state index < -0.39 is 0 Å². The number of ketones is 1. The molecule has 208 valence electrons. The molecule has 0 bridgehead atoms. The smallest absolute Gasteiger partial charge is 0.266 e. The minimum Gasteiger partial charge on any atom is -0.342 e. The third-order valence-electron chi connectivity index (χ3n) is 6.47. The van der Waals surface area contributed by atoms with Crippen molar-refractivity contribution in [1.29, 1.82) is 0 Å². The van der Waals surface area contributed by atoms with E-state index in [0.29, 0.717) is 25.1 Å². The average molecular weight is 539 g/mol. The molecule has 1 aromatic heterocycles. The van der Waals surface area contributed by atoms with Gasteiger partial charge < -0.3 is 4.90 Å². The highest BCUT2D eigenvalue weighted by Gasteiger charge is 2.29. The highest BCUT2D eigenvalue weighted by Crippen LogP contribution is 2.22. The molecular weight excluding hydrogens is 490 g/mol. The van der Waals surface area contributed by atoms with Gasteiger partial charge in [-0.2, -0.15) is 18.1 Å². The molecule has 6 heteroatoms. The average Bonchev–Trinajstić information content (AvgIpc) is 3.34. The van der Waals surface area contributed by atoms with Crippen LogP contribution < -0.4 is 4.57 Å². The van der Waals surface area contributed by atoms with Gasteiger partial charge in [0.2, 0.25) is 11.7 Å². The van der Waals surface area contributed by atoms with E-state index in [0.717, 1.165) is 63.6 Å². The maximum absolute atomic E-state index is 12.7. The van der Waals surface area contributed by atoms with E-state index in [-0.39, 0.29) is 31.1 Å². The lowest BCUT2D eigenvalue weighted by molar-refractivity contribution is -0.674. The Morgan fingerprint density at radius 2 is 1.55 bits per heavy atom. The number of Topliss-reactive ketones (excluding diaryl/α,β-unsaturated/α-hetero) is 1. The number of aryl methyl sites for hydroxylation is 2. The van der Waals surface area contributed by atoms with Crippen LogP contribution in [0.5, 0.6) is 0 Å². The largest absolute Gasteiger partial charge is 0.342 e. The van der Waals surface area contributed by atoms with Gasteiger partial charge in [-0.3, -0.25) is 9.59 Å². The van der Waals surface area contributed by atoms with Gasteiger partial charge in [0.25, 0.3) is 5.69 Å². The first-order chi connectivity index (χ1) is 18.0. The van der Waals surface area contributed by atoms with Gasteiger partial charge in [0.15, 0.2) is 6.20 Å². The number of rotatable bonds is 16. The monoisotopic (exact) mass is 538 g/mol. The summed E-state index contributed by atoms with van der Waals surface area (Å²) in [6.07, 6.45) is 34.2. The SMILES string of the molecule is CC/C=C\C/C=C\C/C=C\C/C=C\C/C=C\CCCC(=O)N1CC[C@H](CC(=O)c2cnc(C)c[n+]2C)C1.S. The lowest BCUT2D eigenvalue weighted by Crippen LogP contribution is -2.37. The van der Waals surface area contributed by atoms with Crippen LogP contribution in [-0.4, -0.2) is 34.7 Å². The van der Waals surface area contributed by atoms with E-state index in [1.54, 1.807) is 6.20 Å². The fourth-order valence-corrected chi connectivity index (χ4v) is 4.40. The number of hydrogen-bond donors (Lipinski definition) is 0. The molecule has 5 nitrogen and oxygen atoms in total. The van der Waals surface area contributed by atoms with Crippen LogP contribution in [0.15, 0.2) is 73.2 Å². The summed E-state index contributed by atoms with van der Waals surface area (Å²) in [7, 11) is 1.88. The van der Waals surface area contributed by atoms with Crippen molar-refractivity contribution in [2.45, 2.75) is 78.1 Å². The van der Waals surface area contributed by atoms with E-state index >= 15 is 0 Å². The molecule has 0 spiro atoms. The molecule has 1 aliphatic rings. The number of unbranched alkanes of at least 4 members (excludes halogenated alkanes) is 1. The van der Waals surface area contributed by atoms with Crippen LogP contribution in [0.1, 0.15) is 87.3 Å². The van der Waals surface area contributed by atoms with Crippen LogP contribution in [0.4, 0.5) is 0 Å². The molecule has 0 N–H and O–H groups in total. The highest BCUT2D eigenvalue weighted by atomic mass is 32.1. The van der Waals surface area contributed by atoms with Crippen LogP contribution in [0, 0.1) is 12.8 Å². The molecule has 38 heavy (non-hydrogen) atoms. The Labute approximate surface area is 237 Å². The summed E-state index contributed by atoms with van der Waals surface area (Å²) >= 11 is 0. The Balaban J connectivity index is 0.00000722.